The summed E-state index contributed by atoms with van der Waals surface area (Å²) >= 11 is 0. The Hall–Kier alpha value is -1.55. The van der Waals surface area contributed by atoms with Gasteiger partial charge in [-0.25, -0.2) is 4.79 Å². The van der Waals surface area contributed by atoms with Gasteiger partial charge in [0.25, 0.3) is 0 Å². The molecule has 0 aliphatic heterocycles. The highest BCUT2D eigenvalue weighted by molar-refractivity contribution is 5.91. The lowest BCUT2D eigenvalue weighted by molar-refractivity contribution is 0.0599. The summed E-state index contributed by atoms with van der Waals surface area (Å²) in [7, 11) is 1.37. The van der Waals surface area contributed by atoms with Crippen LogP contribution in [0.3, 0.4) is 0 Å². The van der Waals surface area contributed by atoms with Gasteiger partial charge in [0.05, 0.1) is 7.11 Å². The number of rotatable bonds is 6. The monoisotopic (exact) mass is 279 g/mol. The van der Waals surface area contributed by atoms with E-state index in [9.17, 15) is 4.79 Å². The van der Waals surface area contributed by atoms with E-state index >= 15 is 0 Å². The first-order valence-electron chi connectivity index (χ1n) is 6.97. The number of esters is 1. The summed E-state index contributed by atoms with van der Waals surface area (Å²) in [4.78, 5) is 11.6. The van der Waals surface area contributed by atoms with Crippen LogP contribution < -0.4 is 5.32 Å². The number of nitrogens with one attached hydrogen (secondary N) is 1. The van der Waals surface area contributed by atoms with E-state index in [1.54, 1.807) is 13.0 Å². The van der Waals surface area contributed by atoms with Crippen molar-refractivity contribution in [3.63, 3.8) is 0 Å². The molecule has 0 bridgehead atoms. The summed E-state index contributed by atoms with van der Waals surface area (Å²) in [6, 6.07) is 2.17. The van der Waals surface area contributed by atoms with Crippen molar-refractivity contribution in [1.82, 2.24) is 5.32 Å². The number of hydrogen-bond acceptors (Lipinski definition) is 4. The van der Waals surface area contributed by atoms with Crippen molar-refractivity contribution in [3.05, 3.63) is 28.7 Å². The SMILES string of the molecule is COC(=O)c1cc(C=C(CNC(C)C)C(C)C)oc1C. The molecule has 112 valence electrons. The number of ether oxygens (including phenoxy) is 1. The molecule has 1 aromatic rings. The molecule has 0 aromatic carbocycles. The largest absolute Gasteiger partial charge is 0.465 e. The first-order valence-corrected chi connectivity index (χ1v) is 6.97. The fourth-order valence-corrected chi connectivity index (χ4v) is 1.82. The van der Waals surface area contributed by atoms with Crippen molar-refractivity contribution in [2.75, 3.05) is 13.7 Å². The van der Waals surface area contributed by atoms with E-state index in [2.05, 4.69) is 33.0 Å². The summed E-state index contributed by atoms with van der Waals surface area (Å²) in [5.41, 5.74) is 1.72. The van der Waals surface area contributed by atoms with Gasteiger partial charge in [-0.1, -0.05) is 33.3 Å². The van der Waals surface area contributed by atoms with Crippen LogP contribution in [0, 0.1) is 12.8 Å². The van der Waals surface area contributed by atoms with E-state index in [-0.39, 0.29) is 5.97 Å². The van der Waals surface area contributed by atoms with Gasteiger partial charge in [-0.15, -0.1) is 0 Å². The van der Waals surface area contributed by atoms with E-state index in [1.165, 1.54) is 12.7 Å². The molecule has 0 fully saturated rings. The Labute approximate surface area is 121 Å². The molecule has 20 heavy (non-hydrogen) atoms. The van der Waals surface area contributed by atoms with Crippen molar-refractivity contribution in [3.8, 4) is 0 Å². The molecule has 1 aromatic heterocycles. The Morgan fingerprint density at radius 1 is 1.40 bits per heavy atom. The summed E-state index contributed by atoms with van der Waals surface area (Å²) in [5, 5.41) is 3.40. The zero-order chi connectivity index (χ0) is 15.3. The van der Waals surface area contributed by atoms with Crippen molar-refractivity contribution in [2.45, 2.75) is 40.7 Å². The van der Waals surface area contributed by atoms with Gasteiger partial charge in [-0.2, -0.15) is 0 Å². The third kappa shape index (κ3) is 4.53. The van der Waals surface area contributed by atoms with Gasteiger partial charge in [-0.05, 0) is 25.0 Å². The second-order valence-electron chi connectivity index (χ2n) is 5.52. The average Bonchev–Trinajstić information content (AvgIpc) is 2.74. The number of furan rings is 1. The molecule has 0 saturated heterocycles. The summed E-state index contributed by atoms with van der Waals surface area (Å²) in [5.74, 6) is 1.32. The normalized spacial score (nSPS) is 12.3. The van der Waals surface area contributed by atoms with Gasteiger partial charge in [0.15, 0.2) is 0 Å². The Morgan fingerprint density at radius 3 is 2.55 bits per heavy atom. The maximum absolute atomic E-state index is 11.6. The molecule has 1 heterocycles. The average molecular weight is 279 g/mol. The van der Waals surface area contributed by atoms with E-state index in [4.69, 9.17) is 9.15 Å². The number of hydrogen-bond donors (Lipinski definition) is 1. The van der Waals surface area contributed by atoms with Crippen LogP contribution in [0.1, 0.15) is 49.6 Å². The number of carbonyl (C=O) groups excluding carboxylic acids is 1. The second-order valence-corrected chi connectivity index (χ2v) is 5.52. The van der Waals surface area contributed by atoms with Crippen molar-refractivity contribution < 1.29 is 13.9 Å². The minimum Gasteiger partial charge on any atom is -0.465 e. The third-order valence-electron chi connectivity index (χ3n) is 3.13. The molecule has 4 heteroatoms. The maximum Gasteiger partial charge on any atom is 0.341 e. The minimum absolute atomic E-state index is 0.364. The van der Waals surface area contributed by atoms with Gasteiger partial charge in [0.2, 0.25) is 0 Å². The Bertz CT molecular complexity index is 484. The predicted octanol–water partition coefficient (Wildman–Crippen LogP) is 3.41. The standard InChI is InChI=1S/C16H25NO3/c1-10(2)13(9-17-11(3)4)7-14-8-15(12(5)20-14)16(18)19-6/h7-8,10-11,17H,9H2,1-6H3. The Kier molecular flexibility index (Phi) is 6.02. The predicted molar refractivity (Wildman–Crippen MR) is 80.7 cm³/mol. The first kappa shape index (κ1) is 16.5. The quantitative estimate of drug-likeness (QED) is 0.811. The van der Waals surface area contributed by atoms with Crippen LogP contribution in [-0.4, -0.2) is 25.7 Å². The molecule has 0 atom stereocenters. The van der Waals surface area contributed by atoms with Gasteiger partial charge >= 0.3 is 5.97 Å². The van der Waals surface area contributed by atoms with Crippen LogP contribution in [0.15, 0.2) is 16.1 Å². The molecule has 0 spiro atoms. The zero-order valence-electron chi connectivity index (χ0n) is 13.2. The molecule has 1 rings (SSSR count). The summed E-state index contributed by atoms with van der Waals surface area (Å²) in [6.07, 6.45) is 2.00. The number of aryl methyl sites for hydroxylation is 1. The molecule has 1 N–H and O–H groups in total. The van der Waals surface area contributed by atoms with E-state index < -0.39 is 0 Å². The molecule has 0 saturated carbocycles. The van der Waals surface area contributed by atoms with Crippen LogP contribution in [-0.2, 0) is 4.74 Å². The second kappa shape index (κ2) is 7.29. The van der Waals surface area contributed by atoms with E-state index in [0.717, 1.165) is 6.54 Å². The van der Waals surface area contributed by atoms with Crippen molar-refractivity contribution >= 4 is 12.0 Å². The lowest BCUT2D eigenvalue weighted by Gasteiger charge is -2.14. The van der Waals surface area contributed by atoms with Gasteiger partial charge in [-0.3, -0.25) is 0 Å². The Morgan fingerprint density at radius 2 is 2.05 bits per heavy atom. The number of carbonyl (C=O) groups is 1. The lowest BCUT2D eigenvalue weighted by atomic mass is 10.0. The molecule has 0 amide bonds. The smallest absolute Gasteiger partial charge is 0.341 e. The lowest BCUT2D eigenvalue weighted by Crippen LogP contribution is -2.26. The van der Waals surface area contributed by atoms with Crippen LogP contribution >= 0.6 is 0 Å². The highest BCUT2D eigenvalue weighted by Crippen LogP contribution is 2.20. The molecule has 0 unspecified atom stereocenters. The highest BCUT2D eigenvalue weighted by Gasteiger charge is 2.15. The third-order valence-corrected chi connectivity index (χ3v) is 3.13. The molecule has 0 aliphatic rings. The molecular weight excluding hydrogens is 254 g/mol. The van der Waals surface area contributed by atoms with E-state index in [1.807, 2.05) is 6.08 Å². The fraction of sp³-hybridized carbons (Fsp3) is 0.562. The van der Waals surface area contributed by atoms with Crippen LogP contribution in [0.4, 0.5) is 0 Å². The summed E-state index contributed by atoms with van der Waals surface area (Å²) < 4.78 is 10.3. The molecule has 0 radical (unpaired) electrons. The maximum atomic E-state index is 11.6. The van der Waals surface area contributed by atoms with Crippen molar-refractivity contribution in [2.24, 2.45) is 5.92 Å². The molecule has 0 aliphatic carbocycles. The Balaban J connectivity index is 2.97. The zero-order valence-corrected chi connectivity index (χ0v) is 13.2. The molecule has 4 nitrogen and oxygen atoms in total. The number of methoxy groups -OCH3 is 1. The molecular formula is C16H25NO3. The fourth-order valence-electron chi connectivity index (χ4n) is 1.82. The minimum atomic E-state index is -0.364. The van der Waals surface area contributed by atoms with Gasteiger partial charge < -0.3 is 14.5 Å². The topological polar surface area (TPSA) is 51.5 Å². The van der Waals surface area contributed by atoms with Gasteiger partial charge in [0.1, 0.15) is 17.1 Å². The van der Waals surface area contributed by atoms with Gasteiger partial charge in [0, 0.05) is 12.6 Å². The van der Waals surface area contributed by atoms with Crippen LogP contribution in [0.25, 0.3) is 6.08 Å². The van der Waals surface area contributed by atoms with Crippen LogP contribution in [0.5, 0.6) is 0 Å². The van der Waals surface area contributed by atoms with Crippen molar-refractivity contribution in [1.29, 1.82) is 0 Å². The highest BCUT2D eigenvalue weighted by atomic mass is 16.5. The first-order chi connectivity index (χ1) is 9.35. The van der Waals surface area contributed by atoms with E-state index in [0.29, 0.717) is 29.0 Å². The summed E-state index contributed by atoms with van der Waals surface area (Å²) in [6.45, 7) is 11.1. The van der Waals surface area contributed by atoms with Crippen LogP contribution in [0.2, 0.25) is 0 Å².